The van der Waals surface area contributed by atoms with Crippen molar-refractivity contribution in [3.63, 3.8) is 0 Å². The first-order chi connectivity index (χ1) is 10.8. The van der Waals surface area contributed by atoms with Crippen LogP contribution in [0, 0.1) is 5.92 Å². The van der Waals surface area contributed by atoms with Gasteiger partial charge < -0.3 is 15.1 Å². The molecular weight excluding hydrogens is 278 g/mol. The average Bonchev–Trinajstić information content (AvgIpc) is 3.23. The van der Waals surface area contributed by atoms with E-state index in [1.54, 1.807) is 0 Å². The van der Waals surface area contributed by atoms with Gasteiger partial charge in [0.2, 0.25) is 0 Å². The summed E-state index contributed by atoms with van der Waals surface area (Å²) in [7, 11) is 0. The van der Waals surface area contributed by atoms with Crippen LogP contribution >= 0.6 is 0 Å². The van der Waals surface area contributed by atoms with E-state index in [1.165, 1.54) is 11.1 Å². The Labute approximate surface area is 128 Å². The maximum atomic E-state index is 10.9. The second-order valence-corrected chi connectivity index (χ2v) is 6.09. The van der Waals surface area contributed by atoms with Crippen molar-refractivity contribution in [3.05, 3.63) is 54.3 Å². The highest BCUT2D eigenvalue weighted by atomic mass is 16.3. The van der Waals surface area contributed by atoms with E-state index in [0.717, 1.165) is 24.4 Å². The Bertz CT molecular complexity index is 767. The summed E-state index contributed by atoms with van der Waals surface area (Å²) in [6.45, 7) is 0.878. The van der Waals surface area contributed by atoms with Crippen LogP contribution in [0.3, 0.4) is 0 Å². The first-order valence-corrected chi connectivity index (χ1v) is 7.62. The number of benzene rings is 1. The summed E-state index contributed by atoms with van der Waals surface area (Å²) < 4.78 is 2.21. The monoisotopic (exact) mass is 295 g/mol. The second-order valence-electron chi connectivity index (χ2n) is 6.09. The van der Waals surface area contributed by atoms with Gasteiger partial charge in [-0.05, 0) is 12.0 Å². The number of piperidine rings is 1. The van der Waals surface area contributed by atoms with Crippen molar-refractivity contribution in [3.8, 4) is 11.3 Å². The summed E-state index contributed by atoms with van der Waals surface area (Å²) in [5.74, 6) is 0.140. The Balaban J connectivity index is 1.61. The highest BCUT2D eigenvalue weighted by Gasteiger charge is 2.43. The number of nitrogens with zero attached hydrogens (tertiary/aromatic N) is 3. The first kappa shape index (κ1) is 12.3. The van der Waals surface area contributed by atoms with Crippen LogP contribution in [0.1, 0.15) is 18.0 Å². The zero-order valence-electron chi connectivity index (χ0n) is 12.0. The van der Waals surface area contributed by atoms with E-state index in [4.69, 9.17) is 0 Å². The normalized spacial score (nSPS) is 28.7. The number of imidazole rings is 1. The topological polar surface area (TPSA) is 65.3 Å². The van der Waals surface area contributed by atoms with Crippen LogP contribution in [0.5, 0.6) is 0 Å². The minimum atomic E-state index is -0.498. The van der Waals surface area contributed by atoms with Crippen LogP contribution in [-0.2, 0) is 0 Å². The third kappa shape index (κ3) is 1.48. The largest absolute Gasteiger partial charge is 0.386 e. The SMILES string of the molecule is OC1C2=CNNN2CCC1C1c2ccccc2-c2cncn21. The van der Waals surface area contributed by atoms with Gasteiger partial charge in [-0.25, -0.2) is 4.98 Å². The number of aromatic nitrogens is 2. The quantitative estimate of drug-likeness (QED) is 0.732. The molecule has 3 aliphatic rings. The van der Waals surface area contributed by atoms with Crippen molar-refractivity contribution >= 4 is 0 Å². The lowest BCUT2D eigenvalue weighted by Gasteiger charge is -2.39. The van der Waals surface area contributed by atoms with Crippen molar-refractivity contribution in [1.29, 1.82) is 0 Å². The molecule has 0 saturated carbocycles. The fourth-order valence-electron chi connectivity index (χ4n) is 4.05. The molecule has 0 amide bonds. The Morgan fingerprint density at radius 2 is 2.18 bits per heavy atom. The molecule has 4 heterocycles. The molecule has 1 aromatic heterocycles. The number of hydrazine groups is 2. The molecule has 22 heavy (non-hydrogen) atoms. The van der Waals surface area contributed by atoms with Gasteiger partial charge in [0.1, 0.15) is 6.10 Å². The van der Waals surface area contributed by atoms with Gasteiger partial charge in [-0.3, -0.25) is 5.01 Å². The van der Waals surface area contributed by atoms with Crippen molar-refractivity contribution in [2.24, 2.45) is 5.92 Å². The van der Waals surface area contributed by atoms with E-state index in [-0.39, 0.29) is 12.0 Å². The molecule has 1 saturated heterocycles. The zero-order chi connectivity index (χ0) is 14.7. The van der Waals surface area contributed by atoms with Gasteiger partial charge in [0.15, 0.2) is 0 Å². The van der Waals surface area contributed by atoms with Crippen molar-refractivity contribution < 1.29 is 5.11 Å². The molecule has 3 aliphatic heterocycles. The van der Waals surface area contributed by atoms with Crippen LogP contribution in [0.15, 0.2) is 48.7 Å². The van der Waals surface area contributed by atoms with E-state index in [0.29, 0.717) is 0 Å². The predicted octanol–water partition coefficient (Wildman–Crippen LogP) is 1.000. The van der Waals surface area contributed by atoms with E-state index < -0.39 is 6.10 Å². The van der Waals surface area contributed by atoms with Gasteiger partial charge in [-0.1, -0.05) is 24.3 Å². The Kier molecular flexibility index (Phi) is 2.42. The first-order valence-electron chi connectivity index (χ1n) is 7.62. The minimum Gasteiger partial charge on any atom is -0.386 e. The molecule has 0 spiro atoms. The van der Waals surface area contributed by atoms with E-state index >= 15 is 0 Å². The van der Waals surface area contributed by atoms with E-state index in [1.807, 2.05) is 23.7 Å². The van der Waals surface area contributed by atoms with E-state index in [2.05, 4.69) is 44.8 Å². The number of aliphatic hydroxyl groups excluding tert-OH is 1. The lowest BCUT2D eigenvalue weighted by atomic mass is 9.82. The molecule has 6 heteroatoms. The summed E-state index contributed by atoms with van der Waals surface area (Å²) in [6, 6.07) is 8.59. The Morgan fingerprint density at radius 3 is 3.14 bits per heavy atom. The van der Waals surface area contributed by atoms with Gasteiger partial charge in [0.05, 0.1) is 30.0 Å². The minimum absolute atomic E-state index is 0.140. The maximum Gasteiger partial charge on any atom is 0.102 e. The van der Waals surface area contributed by atoms with Gasteiger partial charge in [-0.2, -0.15) is 0 Å². The molecule has 1 fully saturated rings. The highest BCUT2D eigenvalue weighted by molar-refractivity contribution is 5.69. The summed E-state index contributed by atoms with van der Waals surface area (Å²) in [6.07, 6.45) is 6.08. The predicted molar refractivity (Wildman–Crippen MR) is 81.0 cm³/mol. The van der Waals surface area contributed by atoms with Gasteiger partial charge in [0.25, 0.3) is 0 Å². The fourth-order valence-corrected chi connectivity index (χ4v) is 4.05. The molecule has 3 N–H and O–H groups in total. The second kappa shape index (κ2) is 4.34. The maximum absolute atomic E-state index is 10.9. The molecule has 5 rings (SSSR count). The van der Waals surface area contributed by atoms with Gasteiger partial charge in [-0.15, -0.1) is 5.53 Å². The van der Waals surface area contributed by atoms with Crippen LogP contribution in [0.4, 0.5) is 0 Å². The molecule has 0 radical (unpaired) electrons. The highest BCUT2D eigenvalue weighted by Crippen LogP contribution is 2.46. The van der Waals surface area contributed by atoms with Gasteiger partial charge >= 0.3 is 0 Å². The number of fused-ring (bicyclic) bond motifs is 4. The lowest BCUT2D eigenvalue weighted by Crippen LogP contribution is -2.48. The molecule has 3 atom stereocenters. The smallest absolute Gasteiger partial charge is 0.102 e. The lowest BCUT2D eigenvalue weighted by molar-refractivity contribution is 0.0356. The molecule has 0 aliphatic carbocycles. The summed E-state index contributed by atoms with van der Waals surface area (Å²) >= 11 is 0. The van der Waals surface area contributed by atoms with Crippen molar-refractivity contribution in [2.45, 2.75) is 18.6 Å². The van der Waals surface area contributed by atoms with Crippen molar-refractivity contribution in [1.82, 2.24) is 25.5 Å². The number of aliphatic hydroxyl groups is 1. The van der Waals surface area contributed by atoms with Crippen molar-refractivity contribution in [2.75, 3.05) is 6.54 Å². The van der Waals surface area contributed by atoms with Crippen LogP contribution in [0.2, 0.25) is 0 Å². The summed E-state index contributed by atoms with van der Waals surface area (Å²) in [4.78, 5) is 4.31. The number of rotatable bonds is 1. The molecule has 1 aromatic carbocycles. The Morgan fingerprint density at radius 1 is 1.27 bits per heavy atom. The molecule has 112 valence electrons. The number of hydrogen-bond acceptors (Lipinski definition) is 5. The standard InChI is InChI=1S/C16H17N5O/c22-16-12(5-6-21-14(16)8-18-19-21)15-11-4-2-1-3-10(11)13-7-17-9-20(13)15/h1-4,7-9,12,15-16,18-19,22H,5-6H2. The number of nitrogens with one attached hydrogen (secondary N) is 2. The third-order valence-corrected chi connectivity index (χ3v) is 5.05. The van der Waals surface area contributed by atoms with Crippen LogP contribution in [0.25, 0.3) is 11.3 Å². The molecule has 6 nitrogen and oxygen atoms in total. The molecule has 0 bridgehead atoms. The Hall–Kier alpha value is -2.31. The van der Waals surface area contributed by atoms with Crippen LogP contribution < -0.4 is 11.0 Å². The number of hydrogen-bond donors (Lipinski definition) is 3. The summed E-state index contributed by atoms with van der Waals surface area (Å²) in [5.41, 5.74) is 10.6. The molecule has 3 unspecified atom stereocenters. The van der Waals surface area contributed by atoms with E-state index in [9.17, 15) is 5.11 Å². The average molecular weight is 295 g/mol. The molecule has 2 aromatic rings. The summed E-state index contributed by atoms with van der Waals surface area (Å²) in [5, 5.41) is 12.8. The molecular formula is C16H17N5O. The van der Waals surface area contributed by atoms with Crippen LogP contribution in [-0.4, -0.2) is 32.3 Å². The van der Waals surface area contributed by atoms with Gasteiger partial charge in [0, 0.05) is 24.2 Å². The fraction of sp³-hybridized carbons (Fsp3) is 0.312. The third-order valence-electron chi connectivity index (χ3n) is 5.05. The zero-order valence-corrected chi connectivity index (χ0v) is 12.0.